The van der Waals surface area contributed by atoms with E-state index in [1.54, 1.807) is 0 Å². The van der Waals surface area contributed by atoms with Crippen molar-refractivity contribution >= 4 is 29.0 Å². The van der Waals surface area contributed by atoms with Crippen LogP contribution in [0.3, 0.4) is 0 Å². The van der Waals surface area contributed by atoms with Crippen molar-refractivity contribution in [3.63, 3.8) is 0 Å². The van der Waals surface area contributed by atoms with Crippen LogP contribution in [-0.2, 0) is 0 Å². The molecule has 0 N–H and O–H groups in total. The molecule has 0 fully saturated rings. The Morgan fingerprint density at radius 1 is 0.326 bits per heavy atom. The van der Waals surface area contributed by atoms with E-state index in [0.717, 1.165) is 33.4 Å². The maximum Gasteiger partial charge on any atom is 0.145 e. The van der Waals surface area contributed by atoms with E-state index in [1.165, 1.54) is 10.6 Å². The number of hydrogen-bond donors (Lipinski definition) is 0. The zero-order chi connectivity index (χ0) is 29.2. The third-order valence-corrected chi connectivity index (χ3v) is 10.8. The molecule has 0 heterocycles. The first-order valence-electron chi connectivity index (χ1n) is 14.5. The first-order chi connectivity index (χ1) is 21.3. The van der Waals surface area contributed by atoms with Crippen molar-refractivity contribution in [2.24, 2.45) is 0 Å². The van der Waals surface area contributed by atoms with Crippen molar-refractivity contribution in [2.45, 2.75) is 0 Å². The molecule has 6 aromatic rings. The van der Waals surface area contributed by atoms with E-state index in [4.69, 9.17) is 0 Å². The minimum Gasteiger partial charge on any atom is -0.0726 e. The molecule has 0 nitrogen and oxygen atoms in total. The Bertz CT molecular complexity index is 1650. The van der Waals surface area contributed by atoms with Crippen molar-refractivity contribution in [2.75, 3.05) is 0 Å². The lowest BCUT2D eigenvalue weighted by Gasteiger charge is -2.19. The van der Waals surface area contributed by atoms with Crippen LogP contribution in [0.25, 0.3) is 11.1 Å². The van der Waals surface area contributed by atoms with Gasteiger partial charge in [0.05, 0.1) is 0 Å². The maximum absolute atomic E-state index is 3.85. The lowest BCUT2D eigenvalue weighted by molar-refractivity contribution is 1.55. The highest BCUT2D eigenvalue weighted by Crippen LogP contribution is 2.59. The van der Waals surface area contributed by atoms with Crippen molar-refractivity contribution in [3.05, 3.63) is 227 Å². The van der Waals surface area contributed by atoms with Gasteiger partial charge in [0.15, 0.2) is 0 Å². The van der Waals surface area contributed by atoms with E-state index in [1.807, 2.05) is 0 Å². The minimum atomic E-state index is -2.30. The molecule has 1 heteroatoms. The van der Waals surface area contributed by atoms with Gasteiger partial charge in [-0.25, -0.2) is 0 Å². The van der Waals surface area contributed by atoms with Crippen LogP contribution in [0.5, 0.6) is 0 Å². The van der Waals surface area contributed by atoms with Gasteiger partial charge in [0.1, 0.15) is 29.5 Å². The zero-order valence-corrected chi connectivity index (χ0v) is 24.8. The van der Waals surface area contributed by atoms with Crippen LogP contribution >= 0.6 is 7.26 Å². The molecule has 0 atom stereocenters. The Labute approximate surface area is 255 Å². The Morgan fingerprint density at radius 3 is 0.814 bits per heavy atom. The second-order valence-corrected chi connectivity index (χ2v) is 13.3. The van der Waals surface area contributed by atoms with Crippen LogP contribution in [0.1, 0.15) is 22.3 Å². The predicted octanol–water partition coefficient (Wildman–Crippen LogP) is 10.1. The second kappa shape index (κ2) is 13.6. The Morgan fingerprint density at radius 2 is 0.558 bits per heavy atom. The molecule has 0 saturated heterocycles. The topological polar surface area (TPSA) is 0 Å². The average molecular weight is 568 g/mol. The maximum atomic E-state index is 3.85. The van der Waals surface area contributed by atoms with Crippen LogP contribution < -0.4 is 10.6 Å². The van der Waals surface area contributed by atoms with E-state index in [-0.39, 0.29) is 0 Å². The number of benzene rings is 6. The molecule has 0 aliphatic heterocycles. The predicted molar refractivity (Wildman–Crippen MR) is 186 cm³/mol. The normalized spacial score (nSPS) is 10.6. The Kier molecular flexibility index (Phi) is 8.86. The minimum absolute atomic E-state index is 1.07. The molecule has 0 radical (unpaired) electrons. The van der Waals surface area contributed by atoms with Gasteiger partial charge in [-0.1, -0.05) is 169 Å². The highest BCUT2D eigenvalue weighted by Gasteiger charge is 2.39. The van der Waals surface area contributed by atoms with Crippen molar-refractivity contribution in [3.8, 4) is 0 Å². The summed E-state index contributed by atoms with van der Waals surface area (Å²) in [4.78, 5) is 0. The van der Waals surface area contributed by atoms with Crippen LogP contribution in [0.4, 0.5) is 0 Å². The van der Waals surface area contributed by atoms with Crippen LogP contribution in [-0.4, -0.2) is 0 Å². The lowest BCUT2D eigenvalue weighted by Crippen LogP contribution is -2.18. The van der Waals surface area contributed by atoms with Crippen molar-refractivity contribution in [1.82, 2.24) is 0 Å². The quantitative estimate of drug-likeness (QED) is 0.127. The molecule has 204 valence electrons. The molecule has 43 heavy (non-hydrogen) atoms. The number of rotatable bonds is 8. The van der Waals surface area contributed by atoms with E-state index < -0.39 is 7.26 Å². The fraction of sp³-hybridized carbons (Fsp3) is 0. The lowest BCUT2D eigenvalue weighted by atomic mass is 9.99. The standard InChI is InChI=1S/C42H32P/c1-7-19-35(20-8-1)41(36-21-9-2-10-22-36)31-33-43(39-27-15-5-16-28-39,40-29-17-6-18-30-40)34-32-42(37-23-11-3-12-24-37)38-25-13-4-14-26-38/h1-30,33-34H/q+1. The van der Waals surface area contributed by atoms with Gasteiger partial charge in [0.25, 0.3) is 0 Å². The first-order valence-corrected chi connectivity index (χ1v) is 16.4. The zero-order valence-electron chi connectivity index (χ0n) is 23.9. The third-order valence-electron chi connectivity index (χ3n) is 7.44. The molecular weight excluding hydrogens is 535 g/mol. The summed E-state index contributed by atoms with van der Waals surface area (Å²) in [6.45, 7) is 0. The summed E-state index contributed by atoms with van der Waals surface area (Å²) in [7, 11) is -2.30. The largest absolute Gasteiger partial charge is 0.145 e. The summed E-state index contributed by atoms with van der Waals surface area (Å²) in [5.41, 5.74) is 14.4. The summed E-state index contributed by atoms with van der Waals surface area (Å²) in [6.07, 6.45) is 0. The van der Waals surface area contributed by atoms with Gasteiger partial charge < -0.3 is 0 Å². The van der Waals surface area contributed by atoms with Crippen molar-refractivity contribution < 1.29 is 0 Å². The van der Waals surface area contributed by atoms with Crippen LogP contribution in [0.15, 0.2) is 205 Å². The first kappa shape index (κ1) is 27.9. The summed E-state index contributed by atoms with van der Waals surface area (Å²) in [6, 6.07) is 63.9. The Hall–Kier alpha value is -5.21. The summed E-state index contributed by atoms with van der Waals surface area (Å²) >= 11 is 0. The summed E-state index contributed by atoms with van der Waals surface area (Å²) in [5, 5.41) is 2.50. The highest BCUT2D eigenvalue weighted by atomic mass is 31.2. The molecule has 0 unspecified atom stereocenters. The van der Waals surface area contributed by atoms with E-state index >= 15 is 0 Å². The molecule has 6 rings (SSSR count). The molecule has 0 saturated carbocycles. The fourth-order valence-corrected chi connectivity index (χ4v) is 8.22. The molecule has 0 amide bonds. The third kappa shape index (κ3) is 6.50. The smallest absolute Gasteiger partial charge is 0.0726 e. The molecule has 0 spiro atoms. The van der Waals surface area contributed by atoms with Gasteiger partial charge in [0, 0.05) is 11.1 Å². The van der Waals surface area contributed by atoms with Gasteiger partial charge >= 0.3 is 0 Å². The second-order valence-electron chi connectivity index (χ2n) is 10.2. The number of hydrogen-bond acceptors (Lipinski definition) is 0. The van der Waals surface area contributed by atoms with Crippen LogP contribution in [0.2, 0.25) is 0 Å². The SMILES string of the molecule is C(=C[P+](C=C=C(c1ccccc1)c1ccccc1)(c1ccccc1)c1ccccc1)=C(c1ccccc1)c1ccccc1. The van der Waals surface area contributed by atoms with E-state index in [9.17, 15) is 0 Å². The Balaban J connectivity index is 1.70. The highest BCUT2D eigenvalue weighted by molar-refractivity contribution is 7.94. The molecule has 0 bridgehead atoms. The molecule has 0 aliphatic carbocycles. The van der Waals surface area contributed by atoms with Gasteiger partial charge in [-0.05, 0) is 46.5 Å². The van der Waals surface area contributed by atoms with E-state index in [0.29, 0.717) is 0 Å². The average Bonchev–Trinajstić information content (AvgIpc) is 3.10. The molecule has 6 aromatic carbocycles. The molecular formula is C42H32P+. The summed E-state index contributed by atoms with van der Waals surface area (Å²) < 4.78 is 0. The van der Waals surface area contributed by atoms with Crippen molar-refractivity contribution in [1.29, 1.82) is 0 Å². The van der Waals surface area contributed by atoms with Gasteiger partial charge in [0.2, 0.25) is 0 Å². The molecule has 0 aliphatic rings. The van der Waals surface area contributed by atoms with Gasteiger partial charge in [-0.3, -0.25) is 0 Å². The van der Waals surface area contributed by atoms with Crippen LogP contribution in [0, 0.1) is 0 Å². The molecule has 0 aromatic heterocycles. The van der Waals surface area contributed by atoms with Gasteiger partial charge in [-0.15, -0.1) is 0 Å². The monoisotopic (exact) mass is 567 g/mol. The van der Waals surface area contributed by atoms with Gasteiger partial charge in [-0.2, -0.15) is 0 Å². The van der Waals surface area contributed by atoms with E-state index in [2.05, 4.69) is 205 Å². The fourth-order valence-electron chi connectivity index (χ4n) is 5.25. The summed E-state index contributed by atoms with van der Waals surface area (Å²) in [5.74, 6) is 4.65.